The minimum Gasteiger partial charge on any atom is -0.493 e. The molecule has 7 heteroatoms. The minimum atomic E-state index is -0.283. The van der Waals surface area contributed by atoms with Gasteiger partial charge in [-0.25, -0.2) is 9.97 Å². The number of rotatable bonds is 5. The highest BCUT2D eigenvalue weighted by Gasteiger charge is 2.19. The fraction of sp³-hybridized carbons (Fsp3) is 0.400. The number of aromatic nitrogens is 2. The van der Waals surface area contributed by atoms with Crippen LogP contribution in [0.1, 0.15) is 21.9 Å². The Kier molecular flexibility index (Phi) is 4.35. The van der Waals surface area contributed by atoms with Crippen LogP contribution < -0.4 is 10.1 Å². The molecular weight excluding hydrogens is 302 g/mol. The van der Waals surface area contributed by atoms with Crippen molar-refractivity contribution in [3.8, 4) is 5.75 Å². The van der Waals surface area contributed by atoms with Crippen molar-refractivity contribution >= 4 is 22.4 Å². The van der Waals surface area contributed by atoms with E-state index in [4.69, 9.17) is 9.47 Å². The van der Waals surface area contributed by atoms with Crippen molar-refractivity contribution in [1.82, 2.24) is 9.97 Å². The van der Waals surface area contributed by atoms with Gasteiger partial charge in [-0.2, -0.15) is 0 Å². The Labute approximate surface area is 132 Å². The number of thiazole rings is 1. The number of nitrogens with zero attached hydrogens (tertiary/aromatic N) is 2. The van der Waals surface area contributed by atoms with Crippen molar-refractivity contribution in [1.29, 1.82) is 0 Å². The van der Waals surface area contributed by atoms with E-state index in [1.165, 1.54) is 11.3 Å². The van der Waals surface area contributed by atoms with E-state index in [0.29, 0.717) is 29.1 Å². The molecule has 1 amide bonds. The van der Waals surface area contributed by atoms with Crippen LogP contribution in [0.25, 0.3) is 0 Å². The van der Waals surface area contributed by atoms with E-state index in [9.17, 15) is 4.79 Å². The summed E-state index contributed by atoms with van der Waals surface area (Å²) < 4.78 is 10.8. The molecule has 3 rings (SSSR count). The number of amides is 1. The third-order valence-electron chi connectivity index (χ3n) is 3.19. The Balaban J connectivity index is 1.68. The molecule has 0 aliphatic carbocycles. The number of hydrogen-bond donors (Lipinski definition) is 1. The number of hydrogen-bond acceptors (Lipinski definition) is 6. The van der Waals surface area contributed by atoms with Crippen LogP contribution in [0.3, 0.4) is 0 Å². The largest absolute Gasteiger partial charge is 0.493 e. The summed E-state index contributed by atoms with van der Waals surface area (Å²) in [7, 11) is 0. The van der Waals surface area contributed by atoms with E-state index in [1.54, 1.807) is 6.07 Å². The molecule has 0 aromatic carbocycles. The topological polar surface area (TPSA) is 73.3 Å². The van der Waals surface area contributed by atoms with Crippen LogP contribution in [0.2, 0.25) is 0 Å². The fourth-order valence-corrected chi connectivity index (χ4v) is 2.69. The molecule has 0 atom stereocenters. The molecule has 0 spiro atoms. The number of aryl methyl sites for hydroxylation is 2. The molecule has 3 heterocycles. The normalized spacial score (nSPS) is 14.5. The highest BCUT2D eigenvalue weighted by molar-refractivity contribution is 7.13. The molecule has 116 valence electrons. The lowest BCUT2D eigenvalue weighted by Crippen LogP contribution is -2.32. The zero-order chi connectivity index (χ0) is 15.5. The zero-order valence-corrected chi connectivity index (χ0v) is 13.3. The molecule has 2 aromatic heterocycles. The summed E-state index contributed by atoms with van der Waals surface area (Å²) >= 11 is 1.39. The van der Waals surface area contributed by atoms with Crippen molar-refractivity contribution in [2.24, 2.45) is 5.92 Å². The third-order valence-corrected chi connectivity index (χ3v) is 4.07. The minimum absolute atomic E-state index is 0.283. The van der Waals surface area contributed by atoms with Gasteiger partial charge >= 0.3 is 0 Å². The lowest BCUT2D eigenvalue weighted by molar-refractivity contribution is -0.0508. The summed E-state index contributed by atoms with van der Waals surface area (Å²) in [5.74, 6) is 0.804. The molecule has 2 aromatic rings. The lowest BCUT2D eigenvalue weighted by atomic mass is 10.1. The SMILES string of the molecule is Cc1cc(OCC2COC2)cc(C(=O)Nc2nc(C)cs2)n1. The van der Waals surface area contributed by atoms with Gasteiger partial charge in [0.25, 0.3) is 5.91 Å². The Morgan fingerprint density at radius 1 is 1.36 bits per heavy atom. The predicted molar refractivity (Wildman–Crippen MR) is 83.6 cm³/mol. The molecule has 1 aliphatic heterocycles. The summed E-state index contributed by atoms with van der Waals surface area (Å²) in [6.45, 7) is 5.79. The monoisotopic (exact) mass is 319 g/mol. The first-order valence-corrected chi connectivity index (χ1v) is 7.91. The van der Waals surface area contributed by atoms with Crippen LogP contribution in [0.4, 0.5) is 5.13 Å². The maximum atomic E-state index is 12.3. The van der Waals surface area contributed by atoms with E-state index in [-0.39, 0.29) is 5.91 Å². The molecule has 0 unspecified atom stereocenters. The number of nitrogens with one attached hydrogen (secondary N) is 1. The Morgan fingerprint density at radius 3 is 2.82 bits per heavy atom. The van der Waals surface area contributed by atoms with Crippen LogP contribution >= 0.6 is 11.3 Å². The maximum absolute atomic E-state index is 12.3. The second kappa shape index (κ2) is 6.41. The molecule has 22 heavy (non-hydrogen) atoms. The van der Waals surface area contributed by atoms with Gasteiger partial charge in [0, 0.05) is 29.1 Å². The molecule has 0 saturated carbocycles. The van der Waals surface area contributed by atoms with E-state index < -0.39 is 0 Å². The third kappa shape index (κ3) is 3.61. The number of carbonyl (C=O) groups is 1. The average Bonchev–Trinajstić information content (AvgIpc) is 2.81. The van der Waals surface area contributed by atoms with Crippen LogP contribution in [-0.2, 0) is 4.74 Å². The van der Waals surface area contributed by atoms with Gasteiger partial charge in [-0.1, -0.05) is 0 Å². The Bertz CT molecular complexity index is 682. The van der Waals surface area contributed by atoms with Gasteiger partial charge in [-0.15, -0.1) is 11.3 Å². The van der Waals surface area contributed by atoms with Gasteiger partial charge in [0.15, 0.2) is 5.13 Å². The first kappa shape index (κ1) is 14.9. The number of ether oxygens (including phenoxy) is 2. The van der Waals surface area contributed by atoms with Crippen molar-refractivity contribution in [3.05, 3.63) is 34.6 Å². The summed E-state index contributed by atoms with van der Waals surface area (Å²) in [6, 6.07) is 3.48. The summed E-state index contributed by atoms with van der Waals surface area (Å²) in [4.78, 5) is 20.7. The van der Waals surface area contributed by atoms with Crippen molar-refractivity contribution in [2.75, 3.05) is 25.1 Å². The van der Waals surface area contributed by atoms with E-state index in [0.717, 1.165) is 24.6 Å². The first-order chi connectivity index (χ1) is 10.6. The molecule has 1 saturated heterocycles. The van der Waals surface area contributed by atoms with Gasteiger partial charge in [-0.05, 0) is 13.8 Å². The molecule has 1 N–H and O–H groups in total. The van der Waals surface area contributed by atoms with Gasteiger partial charge in [-0.3, -0.25) is 10.1 Å². The van der Waals surface area contributed by atoms with Gasteiger partial charge in [0.1, 0.15) is 11.4 Å². The van der Waals surface area contributed by atoms with Crippen molar-refractivity contribution in [2.45, 2.75) is 13.8 Å². The highest BCUT2D eigenvalue weighted by atomic mass is 32.1. The van der Waals surface area contributed by atoms with Crippen LogP contribution in [0.5, 0.6) is 5.75 Å². The van der Waals surface area contributed by atoms with Crippen LogP contribution in [0, 0.1) is 19.8 Å². The second-order valence-corrected chi connectivity index (χ2v) is 6.15. The molecule has 1 fully saturated rings. The summed E-state index contributed by atoms with van der Waals surface area (Å²) in [5, 5.41) is 5.20. The Hall–Kier alpha value is -1.99. The molecule has 1 aliphatic rings. The summed E-state index contributed by atoms with van der Waals surface area (Å²) in [5.41, 5.74) is 1.94. The first-order valence-electron chi connectivity index (χ1n) is 7.03. The number of anilines is 1. The average molecular weight is 319 g/mol. The quantitative estimate of drug-likeness (QED) is 0.916. The predicted octanol–water partition coefficient (Wildman–Crippen LogP) is 2.43. The van der Waals surface area contributed by atoms with Crippen molar-refractivity contribution < 1.29 is 14.3 Å². The van der Waals surface area contributed by atoms with E-state index in [2.05, 4.69) is 15.3 Å². The number of carbonyl (C=O) groups excluding carboxylic acids is 1. The molecule has 0 bridgehead atoms. The van der Waals surface area contributed by atoms with Crippen molar-refractivity contribution in [3.63, 3.8) is 0 Å². The zero-order valence-electron chi connectivity index (χ0n) is 12.5. The molecule has 0 radical (unpaired) electrons. The standard InChI is InChI=1S/C15H17N3O3S/c1-9-3-12(21-7-11-5-20-6-11)4-13(16-9)14(19)18-15-17-10(2)8-22-15/h3-4,8,11H,5-7H2,1-2H3,(H,17,18,19). The Morgan fingerprint density at radius 2 is 2.18 bits per heavy atom. The van der Waals surface area contributed by atoms with Gasteiger partial charge in [0.05, 0.1) is 25.5 Å². The lowest BCUT2D eigenvalue weighted by Gasteiger charge is -2.25. The van der Waals surface area contributed by atoms with Crippen LogP contribution in [0.15, 0.2) is 17.5 Å². The van der Waals surface area contributed by atoms with Crippen LogP contribution in [-0.4, -0.2) is 35.7 Å². The second-order valence-electron chi connectivity index (χ2n) is 5.29. The van der Waals surface area contributed by atoms with E-state index in [1.807, 2.05) is 25.3 Å². The maximum Gasteiger partial charge on any atom is 0.276 e. The molecule has 6 nitrogen and oxygen atoms in total. The smallest absolute Gasteiger partial charge is 0.276 e. The van der Waals surface area contributed by atoms with Gasteiger partial charge in [0.2, 0.25) is 0 Å². The summed E-state index contributed by atoms with van der Waals surface area (Å²) in [6.07, 6.45) is 0. The molecular formula is C15H17N3O3S. The fourth-order valence-electron chi connectivity index (χ4n) is 2.00. The van der Waals surface area contributed by atoms with Gasteiger partial charge < -0.3 is 9.47 Å². The highest BCUT2D eigenvalue weighted by Crippen LogP contribution is 2.19. The number of pyridine rings is 1. The van der Waals surface area contributed by atoms with E-state index >= 15 is 0 Å².